The van der Waals surface area contributed by atoms with Crippen molar-refractivity contribution >= 4 is 46.8 Å². The average molecular weight is 466 g/mol. The highest BCUT2D eigenvalue weighted by molar-refractivity contribution is 7.80. The summed E-state index contributed by atoms with van der Waals surface area (Å²) in [7, 11) is 0. The SMILES string of the molecule is O=C(/C=C/c1ccc(Cl)cc1)NC(=S)NNC(=O)COc1ccccc1-c1ccccc1. The van der Waals surface area contributed by atoms with Crippen LogP contribution >= 0.6 is 23.8 Å². The normalized spacial score (nSPS) is 10.4. The Morgan fingerprint density at radius 2 is 1.59 bits per heavy atom. The maximum atomic E-state index is 12.1. The minimum atomic E-state index is -0.457. The molecule has 0 atom stereocenters. The van der Waals surface area contributed by atoms with E-state index in [0.717, 1.165) is 16.7 Å². The van der Waals surface area contributed by atoms with Crippen molar-refractivity contribution in [1.82, 2.24) is 16.2 Å². The van der Waals surface area contributed by atoms with Crippen molar-refractivity contribution in [2.45, 2.75) is 0 Å². The molecule has 8 heteroatoms. The largest absolute Gasteiger partial charge is 0.483 e. The third-order valence-electron chi connectivity index (χ3n) is 4.18. The summed E-state index contributed by atoms with van der Waals surface area (Å²) in [5.41, 5.74) is 7.53. The van der Waals surface area contributed by atoms with Crippen molar-refractivity contribution < 1.29 is 14.3 Å². The lowest BCUT2D eigenvalue weighted by Gasteiger charge is -2.13. The molecule has 0 aliphatic carbocycles. The van der Waals surface area contributed by atoms with Crippen molar-refractivity contribution in [3.05, 3.63) is 95.5 Å². The molecule has 0 aliphatic rings. The van der Waals surface area contributed by atoms with Gasteiger partial charge in [-0.05, 0) is 47.6 Å². The summed E-state index contributed by atoms with van der Waals surface area (Å²) in [6.45, 7) is -0.232. The molecule has 3 N–H and O–H groups in total. The fourth-order valence-corrected chi connectivity index (χ4v) is 2.96. The van der Waals surface area contributed by atoms with E-state index in [1.165, 1.54) is 6.08 Å². The summed E-state index contributed by atoms with van der Waals surface area (Å²) >= 11 is 10.8. The molecule has 0 bridgehead atoms. The Labute approximate surface area is 196 Å². The standard InChI is InChI=1S/C24H20ClN3O3S/c25-19-13-10-17(11-14-19)12-15-22(29)26-24(32)28-27-23(30)16-31-21-9-5-4-8-20(21)18-6-2-1-3-7-18/h1-15H,16H2,(H,27,30)(H2,26,28,29,32)/b15-12+. The van der Waals surface area contributed by atoms with Crippen molar-refractivity contribution in [1.29, 1.82) is 0 Å². The number of amides is 2. The first kappa shape index (κ1) is 23.0. The molecule has 0 aromatic heterocycles. The van der Waals surface area contributed by atoms with Gasteiger partial charge in [0.1, 0.15) is 5.75 Å². The first-order valence-electron chi connectivity index (χ1n) is 9.62. The Hall–Kier alpha value is -3.68. The van der Waals surface area contributed by atoms with E-state index in [1.807, 2.05) is 48.5 Å². The van der Waals surface area contributed by atoms with Crippen molar-refractivity contribution in [3.63, 3.8) is 0 Å². The van der Waals surface area contributed by atoms with Crippen LogP contribution in [0.1, 0.15) is 5.56 Å². The van der Waals surface area contributed by atoms with E-state index in [0.29, 0.717) is 10.8 Å². The Kier molecular flexibility index (Phi) is 8.36. The molecule has 3 aromatic rings. The second kappa shape index (κ2) is 11.6. The molecule has 0 spiro atoms. The molecule has 3 aromatic carbocycles. The fourth-order valence-electron chi connectivity index (χ4n) is 2.69. The molecule has 0 heterocycles. The van der Waals surface area contributed by atoms with Gasteiger partial charge in [0, 0.05) is 16.7 Å². The summed E-state index contributed by atoms with van der Waals surface area (Å²) in [4.78, 5) is 24.0. The Bertz CT molecular complexity index is 1120. The molecule has 6 nitrogen and oxygen atoms in total. The van der Waals surface area contributed by atoms with Gasteiger partial charge in [-0.1, -0.05) is 72.3 Å². The molecule has 0 unspecified atom stereocenters. The quantitative estimate of drug-likeness (QED) is 0.290. The maximum Gasteiger partial charge on any atom is 0.276 e. The summed E-state index contributed by atoms with van der Waals surface area (Å²) in [6, 6.07) is 24.2. The second-order valence-corrected chi connectivity index (χ2v) is 7.37. The van der Waals surface area contributed by atoms with E-state index in [1.54, 1.807) is 36.4 Å². The zero-order valence-electron chi connectivity index (χ0n) is 16.9. The molecule has 0 saturated carbocycles. The molecule has 0 fully saturated rings. The van der Waals surface area contributed by atoms with E-state index < -0.39 is 11.8 Å². The summed E-state index contributed by atoms with van der Waals surface area (Å²) in [5.74, 6) is -0.321. The third kappa shape index (κ3) is 7.23. The van der Waals surface area contributed by atoms with Crippen LogP contribution in [-0.2, 0) is 9.59 Å². The van der Waals surface area contributed by atoms with Crippen LogP contribution in [0.2, 0.25) is 5.02 Å². The Morgan fingerprint density at radius 1 is 0.906 bits per heavy atom. The molecular formula is C24H20ClN3O3S. The predicted molar refractivity (Wildman–Crippen MR) is 130 cm³/mol. The molecule has 0 aliphatic heterocycles. The predicted octanol–water partition coefficient (Wildman–Crippen LogP) is 4.12. The van der Waals surface area contributed by atoms with Crippen LogP contribution in [0.15, 0.2) is 84.9 Å². The molecule has 3 rings (SSSR count). The zero-order chi connectivity index (χ0) is 22.8. The van der Waals surface area contributed by atoms with Gasteiger partial charge in [0.15, 0.2) is 11.7 Å². The van der Waals surface area contributed by atoms with Crippen LogP contribution in [0.25, 0.3) is 17.2 Å². The lowest BCUT2D eigenvalue weighted by Crippen LogP contribution is -2.49. The number of hydrogen-bond donors (Lipinski definition) is 3. The number of hydrazine groups is 1. The molecule has 162 valence electrons. The number of thiocarbonyl (C=S) groups is 1. The molecule has 2 amide bonds. The van der Waals surface area contributed by atoms with Crippen LogP contribution in [-0.4, -0.2) is 23.5 Å². The Morgan fingerprint density at radius 3 is 2.34 bits per heavy atom. The van der Waals surface area contributed by atoms with Crippen LogP contribution < -0.4 is 20.9 Å². The highest BCUT2D eigenvalue weighted by atomic mass is 35.5. The highest BCUT2D eigenvalue weighted by Gasteiger charge is 2.09. The number of nitrogens with one attached hydrogen (secondary N) is 3. The summed E-state index contributed by atoms with van der Waals surface area (Å²) < 4.78 is 5.66. The number of ether oxygens (including phenoxy) is 1. The maximum absolute atomic E-state index is 12.1. The van der Waals surface area contributed by atoms with Gasteiger partial charge in [0.25, 0.3) is 5.91 Å². The number of carbonyl (C=O) groups is 2. The highest BCUT2D eigenvalue weighted by Crippen LogP contribution is 2.29. The van der Waals surface area contributed by atoms with Gasteiger partial charge in [-0.15, -0.1) is 0 Å². The van der Waals surface area contributed by atoms with E-state index in [9.17, 15) is 9.59 Å². The van der Waals surface area contributed by atoms with Crippen LogP contribution in [0, 0.1) is 0 Å². The van der Waals surface area contributed by atoms with Gasteiger partial charge in [0.2, 0.25) is 5.91 Å². The minimum Gasteiger partial charge on any atom is -0.483 e. The molecular weight excluding hydrogens is 446 g/mol. The number of rotatable bonds is 6. The van der Waals surface area contributed by atoms with E-state index in [2.05, 4.69) is 16.2 Å². The van der Waals surface area contributed by atoms with Gasteiger partial charge in [-0.2, -0.15) is 0 Å². The van der Waals surface area contributed by atoms with Gasteiger partial charge in [-0.3, -0.25) is 25.8 Å². The molecule has 0 radical (unpaired) electrons. The van der Waals surface area contributed by atoms with Gasteiger partial charge in [-0.25, -0.2) is 0 Å². The lowest BCUT2D eigenvalue weighted by molar-refractivity contribution is -0.123. The zero-order valence-corrected chi connectivity index (χ0v) is 18.5. The number of para-hydroxylation sites is 1. The number of benzene rings is 3. The second-order valence-electron chi connectivity index (χ2n) is 6.53. The van der Waals surface area contributed by atoms with Crippen molar-refractivity contribution in [3.8, 4) is 16.9 Å². The van der Waals surface area contributed by atoms with E-state index >= 15 is 0 Å². The van der Waals surface area contributed by atoms with E-state index in [4.69, 9.17) is 28.6 Å². The lowest BCUT2D eigenvalue weighted by atomic mass is 10.1. The fraction of sp³-hybridized carbons (Fsp3) is 0.0417. The topological polar surface area (TPSA) is 79.5 Å². The Balaban J connectivity index is 1.44. The average Bonchev–Trinajstić information content (AvgIpc) is 2.82. The van der Waals surface area contributed by atoms with Crippen LogP contribution in [0.4, 0.5) is 0 Å². The van der Waals surface area contributed by atoms with Gasteiger partial charge >= 0.3 is 0 Å². The minimum absolute atomic E-state index is 0.0474. The monoisotopic (exact) mass is 465 g/mol. The summed E-state index contributed by atoms with van der Waals surface area (Å²) in [5, 5.41) is 3.00. The van der Waals surface area contributed by atoms with Gasteiger partial charge < -0.3 is 4.74 Å². The smallest absolute Gasteiger partial charge is 0.276 e. The molecule has 0 saturated heterocycles. The van der Waals surface area contributed by atoms with Crippen molar-refractivity contribution in [2.24, 2.45) is 0 Å². The number of halogens is 1. The molecule has 32 heavy (non-hydrogen) atoms. The van der Waals surface area contributed by atoms with E-state index in [-0.39, 0.29) is 11.7 Å². The van der Waals surface area contributed by atoms with Crippen molar-refractivity contribution in [2.75, 3.05) is 6.61 Å². The van der Waals surface area contributed by atoms with Crippen LogP contribution in [0.5, 0.6) is 5.75 Å². The summed E-state index contributed by atoms with van der Waals surface area (Å²) in [6.07, 6.45) is 2.94. The van der Waals surface area contributed by atoms with Gasteiger partial charge in [0.05, 0.1) is 0 Å². The number of hydrogen-bond acceptors (Lipinski definition) is 4. The first-order chi connectivity index (χ1) is 15.5. The third-order valence-corrected chi connectivity index (χ3v) is 4.64. The van der Waals surface area contributed by atoms with Crippen LogP contribution in [0.3, 0.4) is 0 Å². The first-order valence-corrected chi connectivity index (χ1v) is 10.4. The number of carbonyl (C=O) groups excluding carboxylic acids is 2.